The SMILES string of the molecule is CCCCCCCCCOc1cc(C=O)cc(OC)c1OC. The molecule has 124 valence electrons. The van der Waals surface area contributed by atoms with Gasteiger partial charge in [-0.1, -0.05) is 45.4 Å². The Hall–Kier alpha value is -1.71. The fourth-order valence-electron chi connectivity index (χ4n) is 2.37. The predicted octanol–water partition coefficient (Wildman–Crippen LogP) is 4.65. The highest BCUT2D eigenvalue weighted by Gasteiger charge is 2.13. The second kappa shape index (κ2) is 10.9. The van der Waals surface area contributed by atoms with Gasteiger partial charge in [0.25, 0.3) is 0 Å². The molecule has 0 atom stereocenters. The second-order valence-electron chi connectivity index (χ2n) is 5.34. The van der Waals surface area contributed by atoms with Gasteiger partial charge in [0.1, 0.15) is 6.29 Å². The summed E-state index contributed by atoms with van der Waals surface area (Å²) in [5, 5.41) is 0. The second-order valence-corrected chi connectivity index (χ2v) is 5.34. The molecule has 0 unspecified atom stereocenters. The van der Waals surface area contributed by atoms with E-state index in [1.165, 1.54) is 32.1 Å². The van der Waals surface area contributed by atoms with E-state index in [-0.39, 0.29) is 0 Å². The molecule has 0 aliphatic heterocycles. The van der Waals surface area contributed by atoms with E-state index in [0.29, 0.717) is 29.4 Å². The lowest BCUT2D eigenvalue weighted by molar-refractivity contribution is 0.112. The normalized spacial score (nSPS) is 10.3. The molecule has 0 saturated heterocycles. The average molecular weight is 308 g/mol. The van der Waals surface area contributed by atoms with Gasteiger partial charge in [0, 0.05) is 5.56 Å². The third-order valence-corrected chi connectivity index (χ3v) is 3.61. The number of carbonyl (C=O) groups excluding carboxylic acids is 1. The standard InChI is InChI=1S/C18H28O4/c1-4-5-6-7-8-9-10-11-22-17-13-15(14-19)12-16(20-2)18(17)21-3/h12-14H,4-11H2,1-3H3. The van der Waals surface area contributed by atoms with E-state index in [1.807, 2.05) is 0 Å². The van der Waals surface area contributed by atoms with E-state index in [9.17, 15) is 4.79 Å². The molecule has 22 heavy (non-hydrogen) atoms. The van der Waals surface area contributed by atoms with Crippen LogP contribution in [-0.4, -0.2) is 27.1 Å². The summed E-state index contributed by atoms with van der Waals surface area (Å²) in [6, 6.07) is 3.34. The Morgan fingerprint density at radius 1 is 0.909 bits per heavy atom. The van der Waals surface area contributed by atoms with Crippen LogP contribution in [0.4, 0.5) is 0 Å². The molecule has 1 aromatic carbocycles. The first-order valence-electron chi connectivity index (χ1n) is 8.10. The maximum absolute atomic E-state index is 11.0. The molecule has 0 amide bonds. The van der Waals surface area contributed by atoms with Crippen LogP contribution in [0, 0.1) is 0 Å². The topological polar surface area (TPSA) is 44.8 Å². The lowest BCUT2D eigenvalue weighted by Gasteiger charge is -2.14. The van der Waals surface area contributed by atoms with Crippen LogP contribution in [0.15, 0.2) is 12.1 Å². The summed E-state index contributed by atoms with van der Waals surface area (Å²) in [6.07, 6.45) is 9.42. The number of ether oxygens (including phenoxy) is 3. The summed E-state index contributed by atoms with van der Waals surface area (Å²) >= 11 is 0. The van der Waals surface area contributed by atoms with Gasteiger partial charge in [-0.3, -0.25) is 4.79 Å². The lowest BCUT2D eigenvalue weighted by atomic mass is 10.1. The van der Waals surface area contributed by atoms with E-state index in [0.717, 1.165) is 19.1 Å². The third-order valence-electron chi connectivity index (χ3n) is 3.61. The van der Waals surface area contributed by atoms with Crippen molar-refractivity contribution in [3.8, 4) is 17.2 Å². The maximum Gasteiger partial charge on any atom is 0.203 e. The summed E-state index contributed by atoms with van der Waals surface area (Å²) in [7, 11) is 3.12. The van der Waals surface area contributed by atoms with Crippen LogP contribution < -0.4 is 14.2 Å². The van der Waals surface area contributed by atoms with E-state index < -0.39 is 0 Å². The number of hydrogen-bond acceptors (Lipinski definition) is 4. The van der Waals surface area contributed by atoms with Gasteiger partial charge >= 0.3 is 0 Å². The average Bonchev–Trinajstić information content (AvgIpc) is 2.56. The van der Waals surface area contributed by atoms with E-state index in [1.54, 1.807) is 26.4 Å². The fraction of sp³-hybridized carbons (Fsp3) is 0.611. The molecule has 0 fully saturated rings. The zero-order chi connectivity index (χ0) is 16.2. The first-order chi connectivity index (χ1) is 10.8. The van der Waals surface area contributed by atoms with E-state index in [4.69, 9.17) is 14.2 Å². The van der Waals surface area contributed by atoms with Crippen molar-refractivity contribution in [2.45, 2.75) is 51.9 Å². The number of methoxy groups -OCH3 is 2. The zero-order valence-electron chi connectivity index (χ0n) is 14.0. The first-order valence-corrected chi connectivity index (χ1v) is 8.10. The third kappa shape index (κ3) is 5.96. The number of benzene rings is 1. The molecule has 4 heteroatoms. The maximum atomic E-state index is 11.0. The van der Waals surface area contributed by atoms with E-state index >= 15 is 0 Å². The van der Waals surface area contributed by atoms with Crippen LogP contribution >= 0.6 is 0 Å². The van der Waals surface area contributed by atoms with Crippen molar-refractivity contribution >= 4 is 6.29 Å². The highest BCUT2D eigenvalue weighted by atomic mass is 16.5. The monoisotopic (exact) mass is 308 g/mol. The molecular weight excluding hydrogens is 280 g/mol. The number of rotatable bonds is 12. The summed E-state index contributed by atoms with van der Waals surface area (Å²) < 4.78 is 16.3. The van der Waals surface area contributed by atoms with E-state index in [2.05, 4.69) is 6.92 Å². The molecule has 4 nitrogen and oxygen atoms in total. The summed E-state index contributed by atoms with van der Waals surface area (Å²) in [6.45, 7) is 2.85. The van der Waals surface area contributed by atoms with Gasteiger partial charge in [0.05, 0.1) is 20.8 Å². The minimum Gasteiger partial charge on any atom is -0.493 e. The van der Waals surface area contributed by atoms with Crippen molar-refractivity contribution in [1.29, 1.82) is 0 Å². The van der Waals surface area contributed by atoms with Crippen LogP contribution in [0.25, 0.3) is 0 Å². The molecule has 0 aliphatic rings. The molecule has 0 aromatic heterocycles. The molecule has 0 saturated carbocycles. The minimum absolute atomic E-state index is 0.515. The van der Waals surface area contributed by atoms with Crippen LogP contribution in [-0.2, 0) is 0 Å². The molecule has 0 N–H and O–H groups in total. The molecule has 0 heterocycles. The smallest absolute Gasteiger partial charge is 0.203 e. The fourth-order valence-corrected chi connectivity index (χ4v) is 2.37. The Balaban J connectivity index is 2.45. The Morgan fingerprint density at radius 2 is 1.55 bits per heavy atom. The van der Waals surface area contributed by atoms with Gasteiger partial charge in [-0.2, -0.15) is 0 Å². The van der Waals surface area contributed by atoms with Gasteiger partial charge in [-0.25, -0.2) is 0 Å². The van der Waals surface area contributed by atoms with Gasteiger partial charge in [-0.15, -0.1) is 0 Å². The van der Waals surface area contributed by atoms with Crippen molar-refractivity contribution in [2.24, 2.45) is 0 Å². The van der Waals surface area contributed by atoms with Gasteiger partial charge in [0.2, 0.25) is 5.75 Å². The number of unbranched alkanes of at least 4 members (excludes halogenated alkanes) is 6. The molecule has 0 aliphatic carbocycles. The zero-order valence-corrected chi connectivity index (χ0v) is 14.0. The van der Waals surface area contributed by atoms with Crippen molar-refractivity contribution in [3.63, 3.8) is 0 Å². The predicted molar refractivity (Wildman–Crippen MR) is 88.4 cm³/mol. The highest BCUT2D eigenvalue weighted by Crippen LogP contribution is 2.38. The molecular formula is C18H28O4. The molecule has 0 spiro atoms. The molecule has 0 radical (unpaired) electrons. The van der Waals surface area contributed by atoms with Crippen molar-refractivity contribution in [3.05, 3.63) is 17.7 Å². The van der Waals surface area contributed by atoms with Gasteiger partial charge in [-0.05, 0) is 18.6 Å². The Morgan fingerprint density at radius 3 is 2.14 bits per heavy atom. The molecule has 1 aromatic rings. The summed E-state index contributed by atoms with van der Waals surface area (Å²) in [4.78, 5) is 11.0. The van der Waals surface area contributed by atoms with Gasteiger partial charge < -0.3 is 14.2 Å². The highest BCUT2D eigenvalue weighted by molar-refractivity contribution is 5.78. The quantitative estimate of drug-likeness (QED) is 0.416. The van der Waals surface area contributed by atoms with Crippen LogP contribution in [0.1, 0.15) is 62.2 Å². The first kappa shape index (κ1) is 18.3. The van der Waals surface area contributed by atoms with Crippen LogP contribution in [0.2, 0.25) is 0 Å². The van der Waals surface area contributed by atoms with Crippen molar-refractivity contribution < 1.29 is 19.0 Å². The Bertz CT molecular complexity index is 443. The number of aldehydes is 1. The van der Waals surface area contributed by atoms with Crippen LogP contribution in [0.3, 0.4) is 0 Å². The van der Waals surface area contributed by atoms with Crippen LogP contribution in [0.5, 0.6) is 17.2 Å². The number of carbonyl (C=O) groups is 1. The minimum atomic E-state index is 0.515. The van der Waals surface area contributed by atoms with Crippen molar-refractivity contribution in [1.82, 2.24) is 0 Å². The van der Waals surface area contributed by atoms with Crippen molar-refractivity contribution in [2.75, 3.05) is 20.8 Å². The lowest BCUT2D eigenvalue weighted by Crippen LogP contribution is -2.02. The Labute approximate surface area is 133 Å². The molecule has 1 rings (SSSR count). The number of hydrogen-bond donors (Lipinski definition) is 0. The van der Waals surface area contributed by atoms with Gasteiger partial charge in [0.15, 0.2) is 11.5 Å². The Kier molecular flexibility index (Phi) is 9.12. The summed E-state index contributed by atoms with van der Waals surface area (Å²) in [5.41, 5.74) is 0.521. The summed E-state index contributed by atoms with van der Waals surface area (Å²) in [5.74, 6) is 1.62. The molecule has 0 bridgehead atoms. The largest absolute Gasteiger partial charge is 0.493 e.